The molecule has 3 heteroatoms. The predicted molar refractivity (Wildman–Crippen MR) is 77.2 cm³/mol. The van der Waals surface area contributed by atoms with Crippen molar-refractivity contribution in [1.82, 2.24) is 4.90 Å². The third-order valence-corrected chi connectivity index (χ3v) is 4.05. The van der Waals surface area contributed by atoms with E-state index in [2.05, 4.69) is 39.0 Å². The maximum Gasteiger partial charge on any atom is 0.00717 e. The van der Waals surface area contributed by atoms with Gasteiger partial charge in [0.15, 0.2) is 0 Å². The summed E-state index contributed by atoms with van der Waals surface area (Å²) in [5, 5.41) is 0. The van der Waals surface area contributed by atoms with E-state index in [-0.39, 0.29) is 0 Å². The first-order valence-corrected chi connectivity index (χ1v) is 7.71. The molecule has 2 nitrogen and oxygen atoms in total. The van der Waals surface area contributed by atoms with Gasteiger partial charge in [0.2, 0.25) is 0 Å². The van der Waals surface area contributed by atoms with Crippen molar-refractivity contribution in [2.45, 2.75) is 46.1 Å². The quantitative estimate of drug-likeness (QED) is 0.678. The second-order valence-electron chi connectivity index (χ2n) is 5.58. The molecule has 0 amide bonds. The Balaban J connectivity index is 3.68. The van der Waals surface area contributed by atoms with Gasteiger partial charge in [-0.3, -0.25) is 0 Å². The number of nitrogens with two attached hydrogens (primary N) is 1. The van der Waals surface area contributed by atoms with E-state index < -0.39 is 0 Å². The Labute approximate surface area is 106 Å². The SMILES string of the molecule is CSCCC(C)N(C)CCCC(C)(C)CN. The van der Waals surface area contributed by atoms with Crippen LogP contribution in [0.2, 0.25) is 0 Å². The van der Waals surface area contributed by atoms with Gasteiger partial charge < -0.3 is 10.6 Å². The standard InChI is InChI=1S/C13H30N2S/c1-12(7-10-16-5)15(4)9-6-8-13(2,3)11-14/h12H,6-11,14H2,1-5H3. The van der Waals surface area contributed by atoms with E-state index in [1.165, 1.54) is 31.6 Å². The molecule has 0 spiro atoms. The van der Waals surface area contributed by atoms with Crippen molar-refractivity contribution < 1.29 is 0 Å². The van der Waals surface area contributed by atoms with Gasteiger partial charge in [0, 0.05) is 6.04 Å². The maximum atomic E-state index is 5.73. The Bertz CT molecular complexity index is 171. The molecule has 16 heavy (non-hydrogen) atoms. The van der Waals surface area contributed by atoms with Crippen LogP contribution in [0.4, 0.5) is 0 Å². The first-order chi connectivity index (χ1) is 7.43. The highest BCUT2D eigenvalue weighted by atomic mass is 32.2. The normalized spacial score (nSPS) is 14.4. The lowest BCUT2D eigenvalue weighted by molar-refractivity contribution is 0.228. The fourth-order valence-electron chi connectivity index (χ4n) is 1.64. The molecule has 0 aromatic rings. The summed E-state index contributed by atoms with van der Waals surface area (Å²) in [6, 6.07) is 0.702. The van der Waals surface area contributed by atoms with Crippen molar-refractivity contribution >= 4 is 11.8 Å². The summed E-state index contributed by atoms with van der Waals surface area (Å²) in [4.78, 5) is 2.48. The van der Waals surface area contributed by atoms with Crippen molar-refractivity contribution in [2.75, 3.05) is 32.1 Å². The molecule has 2 N–H and O–H groups in total. The second kappa shape index (κ2) is 8.37. The summed E-state index contributed by atoms with van der Waals surface area (Å²) in [5.74, 6) is 1.26. The molecule has 1 unspecified atom stereocenters. The molecule has 1 atom stereocenters. The van der Waals surface area contributed by atoms with Gasteiger partial charge in [0.05, 0.1) is 0 Å². The monoisotopic (exact) mass is 246 g/mol. The smallest absolute Gasteiger partial charge is 0.00717 e. The van der Waals surface area contributed by atoms with Crippen molar-refractivity contribution in [2.24, 2.45) is 11.1 Å². The van der Waals surface area contributed by atoms with Crippen LogP contribution in [-0.4, -0.2) is 43.1 Å². The lowest BCUT2D eigenvalue weighted by Gasteiger charge is -2.27. The highest BCUT2D eigenvalue weighted by Gasteiger charge is 2.16. The number of thioether (sulfide) groups is 1. The molecule has 0 aliphatic carbocycles. The number of rotatable bonds is 9. The lowest BCUT2D eigenvalue weighted by Crippen LogP contribution is -2.32. The molecular formula is C13H30N2S. The van der Waals surface area contributed by atoms with Gasteiger partial charge in [-0.05, 0) is 63.7 Å². The number of hydrogen-bond donors (Lipinski definition) is 1. The van der Waals surface area contributed by atoms with Gasteiger partial charge >= 0.3 is 0 Å². The first kappa shape index (κ1) is 16.3. The van der Waals surface area contributed by atoms with Gasteiger partial charge in [-0.2, -0.15) is 11.8 Å². The zero-order chi connectivity index (χ0) is 12.6. The topological polar surface area (TPSA) is 29.3 Å². The zero-order valence-electron chi connectivity index (χ0n) is 11.8. The van der Waals surface area contributed by atoms with Crippen LogP contribution in [0.1, 0.15) is 40.0 Å². The Morgan fingerprint density at radius 3 is 2.50 bits per heavy atom. The van der Waals surface area contributed by atoms with E-state index >= 15 is 0 Å². The Hall–Kier alpha value is 0.270. The van der Waals surface area contributed by atoms with Gasteiger partial charge in [0.1, 0.15) is 0 Å². The molecular weight excluding hydrogens is 216 g/mol. The van der Waals surface area contributed by atoms with Crippen molar-refractivity contribution in [3.63, 3.8) is 0 Å². The average Bonchev–Trinajstić information content (AvgIpc) is 2.25. The first-order valence-electron chi connectivity index (χ1n) is 6.32. The van der Waals surface area contributed by atoms with Crippen LogP contribution in [0.25, 0.3) is 0 Å². The minimum Gasteiger partial charge on any atom is -0.330 e. The molecule has 0 bridgehead atoms. The number of hydrogen-bond acceptors (Lipinski definition) is 3. The van der Waals surface area contributed by atoms with Crippen LogP contribution < -0.4 is 5.73 Å². The molecule has 0 aliphatic rings. The molecule has 0 fully saturated rings. The van der Waals surface area contributed by atoms with Gasteiger partial charge in [-0.15, -0.1) is 0 Å². The van der Waals surface area contributed by atoms with E-state index in [9.17, 15) is 0 Å². The lowest BCUT2D eigenvalue weighted by atomic mass is 9.88. The Kier molecular flexibility index (Phi) is 8.52. The largest absolute Gasteiger partial charge is 0.330 e. The second-order valence-corrected chi connectivity index (χ2v) is 6.57. The minimum absolute atomic E-state index is 0.309. The van der Waals surface area contributed by atoms with Gasteiger partial charge in [-0.25, -0.2) is 0 Å². The fraction of sp³-hybridized carbons (Fsp3) is 1.00. The van der Waals surface area contributed by atoms with Gasteiger partial charge in [0.25, 0.3) is 0 Å². The predicted octanol–water partition coefficient (Wildman–Crippen LogP) is 2.82. The fourth-order valence-corrected chi connectivity index (χ4v) is 2.22. The molecule has 0 radical (unpaired) electrons. The van der Waals surface area contributed by atoms with Crippen LogP contribution in [0.5, 0.6) is 0 Å². The van der Waals surface area contributed by atoms with Crippen molar-refractivity contribution in [3.05, 3.63) is 0 Å². The molecule has 0 heterocycles. The highest BCUT2D eigenvalue weighted by molar-refractivity contribution is 7.98. The summed E-state index contributed by atoms with van der Waals surface area (Å²) in [6.45, 7) is 8.82. The Morgan fingerprint density at radius 1 is 1.38 bits per heavy atom. The Morgan fingerprint density at radius 2 is 2.00 bits per heavy atom. The molecule has 0 aliphatic heterocycles. The summed E-state index contributed by atoms with van der Waals surface area (Å²) < 4.78 is 0. The summed E-state index contributed by atoms with van der Waals surface area (Å²) in [6.07, 6.45) is 5.95. The van der Waals surface area contributed by atoms with E-state index in [1.54, 1.807) is 0 Å². The molecule has 0 aromatic heterocycles. The van der Waals surface area contributed by atoms with Crippen LogP contribution in [0.3, 0.4) is 0 Å². The molecule has 0 aromatic carbocycles. The van der Waals surface area contributed by atoms with E-state index in [0.717, 1.165) is 6.54 Å². The van der Waals surface area contributed by atoms with Crippen LogP contribution >= 0.6 is 11.8 Å². The summed E-state index contributed by atoms with van der Waals surface area (Å²) >= 11 is 1.94. The average molecular weight is 246 g/mol. The molecule has 0 saturated heterocycles. The molecule has 0 rings (SSSR count). The van der Waals surface area contributed by atoms with Crippen LogP contribution in [-0.2, 0) is 0 Å². The van der Waals surface area contributed by atoms with Crippen molar-refractivity contribution in [3.8, 4) is 0 Å². The van der Waals surface area contributed by atoms with Crippen LogP contribution in [0.15, 0.2) is 0 Å². The third kappa shape index (κ3) is 7.53. The van der Waals surface area contributed by atoms with Crippen molar-refractivity contribution in [1.29, 1.82) is 0 Å². The van der Waals surface area contributed by atoms with E-state index in [1.807, 2.05) is 11.8 Å². The summed E-state index contributed by atoms with van der Waals surface area (Å²) in [5.41, 5.74) is 6.04. The highest BCUT2D eigenvalue weighted by Crippen LogP contribution is 2.20. The minimum atomic E-state index is 0.309. The summed E-state index contributed by atoms with van der Waals surface area (Å²) in [7, 11) is 2.24. The van der Waals surface area contributed by atoms with E-state index in [4.69, 9.17) is 5.73 Å². The molecule has 98 valence electrons. The van der Waals surface area contributed by atoms with E-state index in [0.29, 0.717) is 11.5 Å². The maximum absolute atomic E-state index is 5.73. The van der Waals surface area contributed by atoms with Gasteiger partial charge in [-0.1, -0.05) is 13.8 Å². The number of nitrogens with zero attached hydrogens (tertiary/aromatic N) is 1. The van der Waals surface area contributed by atoms with Crippen LogP contribution in [0, 0.1) is 5.41 Å². The molecule has 0 saturated carbocycles. The third-order valence-electron chi connectivity index (χ3n) is 3.41. The zero-order valence-corrected chi connectivity index (χ0v) is 12.6.